The first-order valence-electron chi connectivity index (χ1n) is 12.9. The molecule has 0 saturated heterocycles. The normalized spacial score (nSPS) is 11.9. The van der Waals surface area contributed by atoms with Crippen molar-refractivity contribution in [3.63, 3.8) is 0 Å². The lowest BCUT2D eigenvalue weighted by atomic mass is 9.91. The maximum Gasteiger partial charge on any atom is 0.416 e. The van der Waals surface area contributed by atoms with Gasteiger partial charge in [0.05, 0.1) is 18.8 Å². The van der Waals surface area contributed by atoms with E-state index in [2.05, 4.69) is 5.32 Å². The average Bonchev–Trinajstić information content (AvgIpc) is 2.86. The van der Waals surface area contributed by atoms with Crippen LogP contribution in [0.1, 0.15) is 64.2 Å². The summed E-state index contributed by atoms with van der Waals surface area (Å²) in [5, 5.41) is 2.40. The predicted molar refractivity (Wildman–Crippen MR) is 141 cm³/mol. The molecule has 0 atom stereocenters. The molecule has 0 aliphatic carbocycles. The highest BCUT2D eigenvalue weighted by atomic mass is 19.4. The van der Waals surface area contributed by atoms with Crippen LogP contribution in [0.5, 0.6) is 5.75 Å². The molecule has 0 bridgehead atoms. The Morgan fingerprint density at radius 3 is 1.98 bits per heavy atom. The summed E-state index contributed by atoms with van der Waals surface area (Å²) in [5.74, 6) is -1.43. The fourth-order valence-electron chi connectivity index (χ4n) is 3.75. The Balaban J connectivity index is 2.09. The molecule has 0 radical (unpaired) electrons. The van der Waals surface area contributed by atoms with Gasteiger partial charge in [-0.25, -0.2) is 14.4 Å². The van der Waals surface area contributed by atoms with Crippen molar-refractivity contribution in [2.75, 3.05) is 13.2 Å². The average molecular weight is 568 g/mol. The van der Waals surface area contributed by atoms with E-state index in [4.69, 9.17) is 18.9 Å². The van der Waals surface area contributed by atoms with Crippen LogP contribution in [0, 0.1) is 0 Å². The van der Waals surface area contributed by atoms with Gasteiger partial charge in [0, 0.05) is 0 Å². The van der Waals surface area contributed by atoms with Crippen LogP contribution in [0.15, 0.2) is 48.5 Å². The third kappa shape index (κ3) is 9.77. The predicted octanol–water partition coefficient (Wildman–Crippen LogP) is 6.00. The maximum absolute atomic E-state index is 13.0. The number of nitrogens with one attached hydrogen (secondary N) is 1. The number of hydrogen-bond acceptors (Lipinski definition) is 7. The lowest BCUT2D eigenvalue weighted by molar-refractivity contribution is -0.166. The van der Waals surface area contributed by atoms with Crippen LogP contribution in [0.25, 0.3) is 0 Å². The molecule has 0 heterocycles. The number of halogens is 3. The highest BCUT2D eigenvalue weighted by Gasteiger charge is 2.50. The van der Waals surface area contributed by atoms with E-state index in [9.17, 15) is 27.6 Å². The van der Waals surface area contributed by atoms with E-state index >= 15 is 0 Å². The van der Waals surface area contributed by atoms with Gasteiger partial charge in [-0.2, -0.15) is 13.2 Å². The van der Waals surface area contributed by atoms with Crippen LogP contribution < -0.4 is 10.1 Å². The third-order valence-electron chi connectivity index (χ3n) is 5.56. The summed E-state index contributed by atoms with van der Waals surface area (Å²) in [6.07, 6.45) is -4.80. The van der Waals surface area contributed by atoms with Gasteiger partial charge in [-0.1, -0.05) is 24.3 Å². The molecule has 0 saturated carbocycles. The molecule has 0 aromatic heterocycles. The monoisotopic (exact) mass is 567 g/mol. The van der Waals surface area contributed by atoms with Crippen LogP contribution >= 0.6 is 0 Å². The second kappa shape index (κ2) is 14.0. The summed E-state index contributed by atoms with van der Waals surface area (Å²) in [6, 6.07) is 11.8. The highest BCUT2D eigenvalue weighted by Crippen LogP contribution is 2.30. The molecule has 40 heavy (non-hydrogen) atoms. The number of rotatable bonds is 12. The van der Waals surface area contributed by atoms with E-state index in [0.29, 0.717) is 17.7 Å². The molecule has 1 N–H and O–H groups in total. The van der Waals surface area contributed by atoms with Gasteiger partial charge in [-0.3, -0.25) is 5.32 Å². The van der Waals surface area contributed by atoms with Crippen LogP contribution in [0.3, 0.4) is 0 Å². The highest BCUT2D eigenvalue weighted by molar-refractivity contribution is 6.07. The molecule has 2 aromatic carbocycles. The Labute approximate surface area is 232 Å². The molecular weight excluding hydrogens is 531 g/mol. The van der Waals surface area contributed by atoms with Gasteiger partial charge in [-0.05, 0) is 89.3 Å². The van der Waals surface area contributed by atoms with E-state index in [0.717, 1.165) is 17.7 Å². The molecular formula is C29H36F3NO7. The Hall–Kier alpha value is -3.76. The van der Waals surface area contributed by atoms with Gasteiger partial charge < -0.3 is 18.9 Å². The molecule has 0 aliphatic rings. The quantitative estimate of drug-likeness (QED) is 0.191. The molecule has 0 spiro atoms. The first kappa shape index (κ1) is 32.5. The van der Waals surface area contributed by atoms with Gasteiger partial charge in [-0.15, -0.1) is 0 Å². The second-order valence-corrected chi connectivity index (χ2v) is 9.96. The Morgan fingerprint density at radius 2 is 1.45 bits per heavy atom. The number of alkyl carbamates (subject to hydrolysis) is 1. The standard InChI is InChI=1S/C29H36F3NO7/c1-6-37-24(34)28(25(35)38-7-2,33-26(36)40-27(3,4)5)17-9-11-20-13-15-23(16-14-20)39-19-21-10-8-12-22(18-21)29(30,31)32/h8,10,12-16,18H,6-7,9,11,17,19H2,1-5H3,(H,33,36). The lowest BCUT2D eigenvalue weighted by Crippen LogP contribution is -2.62. The fourth-order valence-corrected chi connectivity index (χ4v) is 3.75. The lowest BCUT2D eigenvalue weighted by Gasteiger charge is -2.31. The maximum atomic E-state index is 13.0. The molecule has 0 unspecified atom stereocenters. The summed E-state index contributed by atoms with van der Waals surface area (Å²) in [7, 11) is 0. The zero-order valence-corrected chi connectivity index (χ0v) is 23.4. The number of aryl methyl sites for hydroxylation is 1. The molecule has 220 valence electrons. The van der Waals surface area contributed by atoms with Crippen molar-refractivity contribution in [3.8, 4) is 5.75 Å². The third-order valence-corrected chi connectivity index (χ3v) is 5.56. The molecule has 2 rings (SSSR count). The largest absolute Gasteiger partial charge is 0.489 e. The topological polar surface area (TPSA) is 100 Å². The van der Waals surface area contributed by atoms with Crippen molar-refractivity contribution in [1.29, 1.82) is 0 Å². The molecule has 1 amide bonds. The van der Waals surface area contributed by atoms with Gasteiger partial charge in [0.15, 0.2) is 0 Å². The summed E-state index contributed by atoms with van der Waals surface area (Å²) in [4.78, 5) is 38.5. The number of carbonyl (C=O) groups excluding carboxylic acids is 3. The van der Waals surface area contributed by atoms with E-state index in [1.165, 1.54) is 6.07 Å². The molecule has 8 nitrogen and oxygen atoms in total. The van der Waals surface area contributed by atoms with Crippen LogP contribution in [-0.4, -0.2) is 42.4 Å². The minimum atomic E-state index is -4.43. The van der Waals surface area contributed by atoms with Gasteiger partial charge in [0.25, 0.3) is 0 Å². The fraction of sp³-hybridized carbons (Fsp3) is 0.483. The summed E-state index contributed by atoms with van der Waals surface area (Å²) < 4.78 is 59.9. The Kier molecular flexibility index (Phi) is 11.4. The minimum absolute atomic E-state index is 0.0159. The number of amides is 1. The van der Waals surface area contributed by atoms with Gasteiger partial charge in [0.1, 0.15) is 18.0 Å². The minimum Gasteiger partial charge on any atom is -0.489 e. The van der Waals surface area contributed by atoms with Crippen LogP contribution in [-0.2, 0) is 43.0 Å². The molecule has 0 aliphatic heterocycles. The van der Waals surface area contributed by atoms with Crippen molar-refractivity contribution in [3.05, 3.63) is 65.2 Å². The summed E-state index contributed by atoms with van der Waals surface area (Å²) in [6.45, 7) is 8.04. The van der Waals surface area contributed by atoms with Crippen LogP contribution in [0.2, 0.25) is 0 Å². The summed E-state index contributed by atoms with van der Waals surface area (Å²) in [5.41, 5.74) is -2.49. The SMILES string of the molecule is CCOC(=O)C(CCCc1ccc(OCc2cccc(C(F)(F)F)c2)cc1)(NC(=O)OC(C)(C)C)C(=O)OCC. The number of esters is 2. The van der Waals surface area contributed by atoms with Gasteiger partial charge >= 0.3 is 24.2 Å². The van der Waals surface area contributed by atoms with E-state index in [1.807, 2.05) is 0 Å². The molecule has 11 heteroatoms. The van der Waals surface area contributed by atoms with Crippen LogP contribution in [0.4, 0.5) is 18.0 Å². The number of ether oxygens (including phenoxy) is 4. The van der Waals surface area contributed by atoms with E-state index in [1.54, 1.807) is 65.0 Å². The number of alkyl halides is 3. The van der Waals surface area contributed by atoms with E-state index in [-0.39, 0.29) is 32.7 Å². The van der Waals surface area contributed by atoms with Crippen molar-refractivity contribution >= 4 is 18.0 Å². The number of carbonyl (C=O) groups is 3. The zero-order chi connectivity index (χ0) is 30.0. The zero-order valence-electron chi connectivity index (χ0n) is 23.4. The molecule has 2 aromatic rings. The first-order valence-corrected chi connectivity index (χ1v) is 12.9. The van der Waals surface area contributed by atoms with E-state index < -0.39 is 40.9 Å². The van der Waals surface area contributed by atoms with Crippen molar-refractivity contribution in [2.45, 2.75) is 77.8 Å². The van der Waals surface area contributed by atoms with Crippen molar-refractivity contribution in [1.82, 2.24) is 5.32 Å². The Bertz CT molecular complexity index is 1120. The number of benzene rings is 2. The number of hydrogen-bond donors (Lipinski definition) is 1. The van der Waals surface area contributed by atoms with Crippen molar-refractivity contribution < 1.29 is 46.5 Å². The molecule has 0 fully saturated rings. The first-order chi connectivity index (χ1) is 18.7. The van der Waals surface area contributed by atoms with Gasteiger partial charge in [0.2, 0.25) is 5.54 Å². The smallest absolute Gasteiger partial charge is 0.416 e. The van der Waals surface area contributed by atoms with Crippen molar-refractivity contribution in [2.24, 2.45) is 0 Å². The second-order valence-electron chi connectivity index (χ2n) is 9.96. The summed E-state index contributed by atoms with van der Waals surface area (Å²) >= 11 is 0. The Morgan fingerprint density at radius 1 is 0.850 bits per heavy atom.